The lowest BCUT2D eigenvalue weighted by atomic mass is 9.79. The highest BCUT2D eigenvalue weighted by atomic mass is 16.5. The van der Waals surface area contributed by atoms with Gasteiger partial charge in [0.15, 0.2) is 0 Å². The van der Waals surface area contributed by atoms with Gasteiger partial charge in [0, 0.05) is 24.0 Å². The van der Waals surface area contributed by atoms with E-state index in [2.05, 4.69) is 22.4 Å². The molecule has 1 saturated heterocycles. The number of pyridine rings is 1. The molecule has 1 aliphatic heterocycles. The van der Waals surface area contributed by atoms with Gasteiger partial charge in [0.2, 0.25) is 0 Å². The topological polar surface area (TPSA) is 74.6 Å². The lowest BCUT2D eigenvalue weighted by molar-refractivity contribution is 0.0103. The first-order valence-electron chi connectivity index (χ1n) is 9.14. The molecule has 0 amide bonds. The Kier molecular flexibility index (Phi) is 6.24. The standard InChI is InChI=1S/C20H28N2O3/c1-25-16-5-6-19-17(11-16)14(8-10-22-19)3-2-4-15-7-9-21-12-18(15)20(24)13-23/h5-6,8,10-11,15,18,20-21,23-24H,2-4,7,9,12-13H2,1H3/t15-,18+,20+/m1/s1. The van der Waals surface area contributed by atoms with Crippen molar-refractivity contribution >= 4 is 10.9 Å². The van der Waals surface area contributed by atoms with E-state index in [-0.39, 0.29) is 12.5 Å². The third-order valence-corrected chi connectivity index (χ3v) is 5.42. The van der Waals surface area contributed by atoms with E-state index < -0.39 is 6.10 Å². The zero-order valence-corrected chi connectivity index (χ0v) is 14.8. The molecule has 1 fully saturated rings. The number of hydrogen-bond donors (Lipinski definition) is 3. The molecule has 2 aromatic rings. The van der Waals surface area contributed by atoms with Crippen molar-refractivity contribution in [1.82, 2.24) is 10.3 Å². The van der Waals surface area contributed by atoms with E-state index in [0.29, 0.717) is 5.92 Å². The van der Waals surface area contributed by atoms with Crippen molar-refractivity contribution in [3.05, 3.63) is 36.0 Å². The van der Waals surface area contributed by atoms with E-state index in [1.54, 1.807) is 7.11 Å². The fourth-order valence-corrected chi connectivity index (χ4v) is 3.96. The van der Waals surface area contributed by atoms with Crippen LogP contribution in [-0.2, 0) is 6.42 Å². The molecule has 3 atom stereocenters. The van der Waals surface area contributed by atoms with Gasteiger partial charge >= 0.3 is 0 Å². The molecule has 2 heterocycles. The molecule has 3 rings (SSSR count). The van der Waals surface area contributed by atoms with Crippen LogP contribution in [0, 0.1) is 11.8 Å². The van der Waals surface area contributed by atoms with E-state index in [9.17, 15) is 10.2 Å². The van der Waals surface area contributed by atoms with Gasteiger partial charge in [-0.3, -0.25) is 4.98 Å². The molecule has 1 aliphatic rings. The van der Waals surface area contributed by atoms with Crippen molar-refractivity contribution < 1.29 is 14.9 Å². The molecule has 0 spiro atoms. The highest BCUT2D eigenvalue weighted by Crippen LogP contribution is 2.29. The van der Waals surface area contributed by atoms with E-state index in [1.165, 1.54) is 5.56 Å². The highest BCUT2D eigenvalue weighted by molar-refractivity contribution is 5.83. The number of hydrogen-bond acceptors (Lipinski definition) is 5. The Balaban J connectivity index is 1.66. The van der Waals surface area contributed by atoms with E-state index in [4.69, 9.17) is 4.74 Å². The number of nitrogens with one attached hydrogen (secondary N) is 1. The van der Waals surface area contributed by atoms with E-state index in [0.717, 1.165) is 55.4 Å². The van der Waals surface area contributed by atoms with Gasteiger partial charge in [-0.2, -0.15) is 0 Å². The summed E-state index contributed by atoms with van der Waals surface area (Å²) >= 11 is 0. The van der Waals surface area contributed by atoms with Crippen molar-refractivity contribution in [3.63, 3.8) is 0 Å². The Bertz CT molecular complexity index is 692. The number of nitrogens with zero attached hydrogens (tertiary/aromatic N) is 1. The number of fused-ring (bicyclic) bond motifs is 1. The van der Waals surface area contributed by atoms with Crippen LogP contribution in [0.1, 0.15) is 24.8 Å². The van der Waals surface area contributed by atoms with Crippen LogP contribution in [0.15, 0.2) is 30.5 Å². The van der Waals surface area contributed by atoms with Crippen molar-refractivity contribution in [3.8, 4) is 5.75 Å². The predicted octanol–water partition coefficient (Wildman–Crippen LogP) is 2.14. The number of aliphatic hydroxyl groups is 2. The van der Waals surface area contributed by atoms with Gasteiger partial charge in [-0.1, -0.05) is 0 Å². The van der Waals surface area contributed by atoms with E-state index >= 15 is 0 Å². The third kappa shape index (κ3) is 4.29. The van der Waals surface area contributed by atoms with Gasteiger partial charge in [0.05, 0.1) is 25.3 Å². The van der Waals surface area contributed by atoms with E-state index in [1.807, 2.05) is 18.3 Å². The lowest BCUT2D eigenvalue weighted by Crippen LogP contribution is -2.44. The smallest absolute Gasteiger partial charge is 0.119 e. The van der Waals surface area contributed by atoms with Gasteiger partial charge in [-0.05, 0) is 68.0 Å². The summed E-state index contributed by atoms with van der Waals surface area (Å²) in [5, 5.41) is 23.8. The lowest BCUT2D eigenvalue weighted by Gasteiger charge is -2.34. The summed E-state index contributed by atoms with van der Waals surface area (Å²) in [5.74, 6) is 1.46. The minimum absolute atomic E-state index is 0.146. The highest BCUT2D eigenvalue weighted by Gasteiger charge is 2.29. The average Bonchev–Trinajstić information content (AvgIpc) is 2.67. The second-order valence-corrected chi connectivity index (χ2v) is 6.91. The summed E-state index contributed by atoms with van der Waals surface area (Å²) in [5.41, 5.74) is 2.28. The van der Waals surface area contributed by atoms with Crippen LogP contribution in [0.3, 0.4) is 0 Å². The van der Waals surface area contributed by atoms with Crippen molar-refractivity contribution in [2.45, 2.75) is 31.8 Å². The summed E-state index contributed by atoms with van der Waals surface area (Å²) in [4.78, 5) is 4.44. The van der Waals surface area contributed by atoms with Crippen LogP contribution in [0.5, 0.6) is 5.75 Å². The molecule has 5 heteroatoms. The number of aromatic nitrogens is 1. The Morgan fingerprint density at radius 3 is 3.04 bits per heavy atom. The Morgan fingerprint density at radius 1 is 1.36 bits per heavy atom. The molecule has 0 unspecified atom stereocenters. The first-order valence-corrected chi connectivity index (χ1v) is 9.14. The number of aliphatic hydroxyl groups excluding tert-OH is 2. The molecular weight excluding hydrogens is 316 g/mol. The summed E-state index contributed by atoms with van der Waals surface area (Å²) in [6.45, 7) is 1.63. The zero-order valence-electron chi connectivity index (χ0n) is 14.8. The molecule has 0 radical (unpaired) electrons. The number of piperidine rings is 1. The molecule has 0 aliphatic carbocycles. The Morgan fingerprint density at radius 2 is 2.24 bits per heavy atom. The fourth-order valence-electron chi connectivity index (χ4n) is 3.96. The quantitative estimate of drug-likeness (QED) is 0.718. The predicted molar refractivity (Wildman–Crippen MR) is 98.8 cm³/mol. The maximum absolute atomic E-state index is 10.1. The van der Waals surface area contributed by atoms with Gasteiger partial charge in [-0.15, -0.1) is 0 Å². The Hall–Kier alpha value is -1.69. The van der Waals surface area contributed by atoms with Gasteiger partial charge in [0.1, 0.15) is 5.75 Å². The SMILES string of the molecule is COc1ccc2nccc(CCC[C@@H]3CCNC[C@@H]3[C@@H](O)CO)c2c1. The molecule has 1 aromatic heterocycles. The van der Waals surface area contributed by atoms with Crippen LogP contribution in [0.4, 0.5) is 0 Å². The Labute approximate surface area is 149 Å². The normalized spacial score (nSPS) is 22.0. The monoisotopic (exact) mass is 344 g/mol. The first-order chi connectivity index (χ1) is 12.2. The summed E-state index contributed by atoms with van der Waals surface area (Å²) in [7, 11) is 1.68. The van der Waals surface area contributed by atoms with Gasteiger partial charge in [0.25, 0.3) is 0 Å². The van der Waals surface area contributed by atoms with Crippen molar-refractivity contribution in [1.29, 1.82) is 0 Å². The number of rotatable bonds is 7. The van der Waals surface area contributed by atoms with Crippen molar-refractivity contribution in [2.75, 3.05) is 26.8 Å². The fraction of sp³-hybridized carbons (Fsp3) is 0.550. The van der Waals surface area contributed by atoms with Crippen LogP contribution in [0.25, 0.3) is 10.9 Å². The van der Waals surface area contributed by atoms with Crippen LogP contribution < -0.4 is 10.1 Å². The van der Waals surface area contributed by atoms with Gasteiger partial charge in [-0.25, -0.2) is 0 Å². The van der Waals surface area contributed by atoms with Crippen LogP contribution >= 0.6 is 0 Å². The average molecular weight is 344 g/mol. The largest absolute Gasteiger partial charge is 0.497 e. The molecular formula is C20H28N2O3. The molecule has 1 aromatic carbocycles. The van der Waals surface area contributed by atoms with Crippen molar-refractivity contribution in [2.24, 2.45) is 11.8 Å². The second-order valence-electron chi connectivity index (χ2n) is 6.91. The molecule has 5 nitrogen and oxygen atoms in total. The zero-order chi connectivity index (χ0) is 17.6. The summed E-state index contributed by atoms with van der Waals surface area (Å²) < 4.78 is 5.34. The first kappa shape index (κ1) is 18.1. The third-order valence-electron chi connectivity index (χ3n) is 5.42. The summed E-state index contributed by atoms with van der Waals surface area (Å²) in [6, 6.07) is 8.08. The summed E-state index contributed by atoms with van der Waals surface area (Å²) in [6.07, 6.45) is 5.42. The molecule has 0 bridgehead atoms. The van der Waals surface area contributed by atoms with Gasteiger partial charge < -0.3 is 20.3 Å². The minimum atomic E-state index is -0.621. The number of ether oxygens (including phenoxy) is 1. The second kappa shape index (κ2) is 8.61. The molecule has 136 valence electrons. The maximum Gasteiger partial charge on any atom is 0.119 e. The van der Waals surface area contributed by atoms with Crippen LogP contribution in [0.2, 0.25) is 0 Å². The minimum Gasteiger partial charge on any atom is -0.497 e. The number of benzene rings is 1. The van der Waals surface area contributed by atoms with Crippen LogP contribution in [-0.4, -0.2) is 48.1 Å². The molecule has 0 saturated carbocycles. The number of methoxy groups -OCH3 is 1. The number of aryl methyl sites for hydroxylation is 1. The molecule has 25 heavy (non-hydrogen) atoms. The molecule has 3 N–H and O–H groups in total. The maximum atomic E-state index is 10.1.